The Balaban J connectivity index is 1.51. The minimum Gasteiger partial charge on any atom is -0.436 e. The number of alkyl carbamates (subject to hydrolysis) is 1. The van der Waals surface area contributed by atoms with Crippen LogP contribution < -0.4 is 20.1 Å². The van der Waals surface area contributed by atoms with Crippen molar-refractivity contribution in [2.75, 3.05) is 6.54 Å². The Morgan fingerprint density at radius 1 is 1.02 bits per heavy atom. The lowest BCUT2D eigenvalue weighted by Gasteiger charge is -2.30. The average Bonchev–Trinajstić information content (AvgIpc) is 3.20. The van der Waals surface area contributed by atoms with E-state index in [1.165, 1.54) is 4.90 Å². The molecule has 0 aromatic rings. The van der Waals surface area contributed by atoms with E-state index < -0.39 is 57.2 Å². The summed E-state index contributed by atoms with van der Waals surface area (Å²) in [7, 11) is -4.11. The van der Waals surface area contributed by atoms with Crippen LogP contribution in [-0.4, -0.2) is 72.9 Å². The molecule has 1 saturated heterocycles. The van der Waals surface area contributed by atoms with Crippen LogP contribution >= 0.6 is 0 Å². The van der Waals surface area contributed by atoms with Gasteiger partial charge in [-0.05, 0) is 78.6 Å². The van der Waals surface area contributed by atoms with E-state index in [-0.39, 0.29) is 18.4 Å². The lowest BCUT2D eigenvalue weighted by Crippen LogP contribution is -2.58. The Bertz CT molecular complexity index is 1140. The minimum absolute atomic E-state index is 0.214. The number of nitrogens with one attached hydrogen (secondary N) is 4. The molecule has 4 amide bonds. The van der Waals surface area contributed by atoms with Crippen LogP contribution in [0.25, 0.3) is 0 Å². The van der Waals surface area contributed by atoms with E-state index in [4.69, 9.17) is 4.74 Å². The van der Waals surface area contributed by atoms with Crippen molar-refractivity contribution in [3.63, 3.8) is 0 Å². The topological polar surface area (TPSA) is 163 Å². The maximum atomic E-state index is 13.6. The molecule has 0 spiro atoms. The highest BCUT2D eigenvalue weighted by Crippen LogP contribution is 2.45. The van der Waals surface area contributed by atoms with Crippen LogP contribution in [0.5, 0.6) is 0 Å². The van der Waals surface area contributed by atoms with Crippen LogP contribution in [0.4, 0.5) is 4.79 Å². The first-order chi connectivity index (χ1) is 19.3. The molecule has 13 heteroatoms. The molecule has 4 N–H and O–H groups in total. The quantitative estimate of drug-likeness (QED) is 0.354. The predicted octanol–water partition coefficient (Wildman–Crippen LogP) is 2.16. The zero-order valence-corrected chi connectivity index (χ0v) is 25.2. The van der Waals surface area contributed by atoms with Crippen LogP contribution in [0.1, 0.15) is 97.8 Å². The van der Waals surface area contributed by atoms with E-state index in [0.717, 1.165) is 44.9 Å². The van der Waals surface area contributed by atoms with Crippen molar-refractivity contribution in [2.45, 2.75) is 127 Å². The molecular weight excluding hydrogens is 550 g/mol. The predicted molar refractivity (Wildman–Crippen MR) is 152 cm³/mol. The van der Waals surface area contributed by atoms with Gasteiger partial charge >= 0.3 is 16.3 Å². The number of rotatable bonds is 5. The zero-order chi connectivity index (χ0) is 29.8. The fourth-order valence-electron chi connectivity index (χ4n) is 6.01. The van der Waals surface area contributed by atoms with Crippen molar-refractivity contribution in [3.05, 3.63) is 12.2 Å². The first kappa shape index (κ1) is 31.3. The summed E-state index contributed by atoms with van der Waals surface area (Å²) < 4.78 is 35.8. The Morgan fingerprint density at radius 2 is 1.73 bits per heavy atom. The van der Waals surface area contributed by atoms with Gasteiger partial charge in [0.2, 0.25) is 5.91 Å². The molecule has 4 aliphatic rings. The standard InChI is InChI=1S/C28H45N5O7S/c1-27(2,3)30-26(37)40-22-16-8-6-4-5-7-12-19-18-28(19,29-23(34)21-15-11-17-33(21)24(22)35)25(36)32-41(38,39)31-20-13-9-10-14-20/h7,12,19-22,31H,4-6,8-11,13-18H2,1-3H3,(H,29,34)(H,30,37)(H,32,36)/t19-,21+,22+,28-/m1/s1. The number of fused-ring (bicyclic) bond motifs is 2. The van der Waals surface area contributed by atoms with E-state index in [2.05, 4.69) is 20.1 Å². The van der Waals surface area contributed by atoms with Gasteiger partial charge < -0.3 is 20.3 Å². The maximum Gasteiger partial charge on any atom is 0.408 e. The summed E-state index contributed by atoms with van der Waals surface area (Å²) in [5.74, 6) is -2.10. The number of allylic oxidation sites excluding steroid dienone is 1. The Kier molecular flexibility index (Phi) is 9.67. The molecule has 2 heterocycles. The Labute approximate surface area is 242 Å². The van der Waals surface area contributed by atoms with Gasteiger partial charge in [0.25, 0.3) is 11.8 Å². The number of carbonyl (C=O) groups is 4. The van der Waals surface area contributed by atoms with Gasteiger partial charge in [0.1, 0.15) is 11.6 Å². The molecule has 3 fully saturated rings. The summed E-state index contributed by atoms with van der Waals surface area (Å²) in [5, 5.41) is 5.54. The van der Waals surface area contributed by atoms with Crippen LogP contribution in [0.15, 0.2) is 12.2 Å². The molecule has 0 radical (unpaired) electrons. The molecule has 4 atom stereocenters. The number of ether oxygens (including phenoxy) is 1. The van der Waals surface area contributed by atoms with Gasteiger partial charge in [0, 0.05) is 24.0 Å². The van der Waals surface area contributed by atoms with E-state index in [1.807, 2.05) is 32.9 Å². The van der Waals surface area contributed by atoms with Gasteiger partial charge in [-0.2, -0.15) is 13.1 Å². The molecule has 2 saturated carbocycles. The molecule has 0 bridgehead atoms. The van der Waals surface area contributed by atoms with Gasteiger partial charge in [0.05, 0.1) is 0 Å². The van der Waals surface area contributed by atoms with Crippen LogP contribution in [0.2, 0.25) is 0 Å². The van der Waals surface area contributed by atoms with Crippen molar-refractivity contribution in [1.82, 2.24) is 25.0 Å². The maximum absolute atomic E-state index is 13.6. The van der Waals surface area contributed by atoms with Crippen molar-refractivity contribution in [2.24, 2.45) is 5.92 Å². The van der Waals surface area contributed by atoms with Gasteiger partial charge in [0.15, 0.2) is 6.10 Å². The van der Waals surface area contributed by atoms with Crippen molar-refractivity contribution < 1.29 is 32.3 Å². The van der Waals surface area contributed by atoms with Crippen LogP contribution in [-0.2, 0) is 29.3 Å². The van der Waals surface area contributed by atoms with Gasteiger partial charge in [-0.1, -0.05) is 31.4 Å². The number of hydrogen-bond acceptors (Lipinski definition) is 7. The normalized spacial score (nSPS) is 29.9. The fourth-order valence-corrected chi connectivity index (χ4v) is 7.17. The number of carbonyl (C=O) groups excluding carboxylic acids is 4. The average molecular weight is 596 g/mol. The molecule has 230 valence electrons. The summed E-state index contributed by atoms with van der Waals surface area (Å²) in [6, 6.07) is -1.07. The van der Waals surface area contributed by atoms with Crippen LogP contribution in [0, 0.1) is 5.92 Å². The summed E-state index contributed by atoms with van der Waals surface area (Å²) >= 11 is 0. The Morgan fingerprint density at radius 3 is 2.44 bits per heavy atom. The lowest BCUT2D eigenvalue weighted by atomic mass is 10.1. The van der Waals surface area contributed by atoms with Gasteiger partial charge in [-0.3, -0.25) is 14.4 Å². The molecular formula is C28H45N5O7S. The summed E-state index contributed by atoms with van der Waals surface area (Å²) in [5.41, 5.74) is -1.96. The van der Waals surface area contributed by atoms with E-state index in [0.29, 0.717) is 32.2 Å². The van der Waals surface area contributed by atoms with Crippen molar-refractivity contribution in [3.8, 4) is 0 Å². The van der Waals surface area contributed by atoms with Crippen LogP contribution in [0.3, 0.4) is 0 Å². The fraction of sp³-hybridized carbons (Fsp3) is 0.786. The third-order valence-corrected chi connectivity index (χ3v) is 9.31. The zero-order valence-electron chi connectivity index (χ0n) is 24.4. The third-order valence-electron chi connectivity index (χ3n) is 8.22. The summed E-state index contributed by atoms with van der Waals surface area (Å²) in [6.07, 6.45) is 9.98. The van der Waals surface area contributed by atoms with E-state index in [9.17, 15) is 27.6 Å². The summed E-state index contributed by atoms with van der Waals surface area (Å²) in [4.78, 5) is 54.6. The largest absolute Gasteiger partial charge is 0.436 e. The highest BCUT2D eigenvalue weighted by molar-refractivity contribution is 7.88. The SMILES string of the molecule is CC(C)(C)NC(=O)O[C@H]1CCCCCC=C[C@@H]2C[C@@]2(C(=O)NS(=O)(=O)NC2CCCC2)NC(=O)[C@@H]2CCCN2C1=O. The minimum atomic E-state index is -4.11. The second kappa shape index (κ2) is 12.7. The highest BCUT2D eigenvalue weighted by atomic mass is 32.2. The second-order valence-electron chi connectivity index (χ2n) is 12.8. The molecule has 0 unspecified atom stereocenters. The Hall–Kier alpha value is -2.67. The van der Waals surface area contributed by atoms with Gasteiger partial charge in [-0.25, -0.2) is 9.52 Å². The van der Waals surface area contributed by atoms with E-state index >= 15 is 0 Å². The molecule has 2 aliphatic carbocycles. The molecule has 4 rings (SSSR count). The number of amides is 4. The monoisotopic (exact) mass is 595 g/mol. The summed E-state index contributed by atoms with van der Waals surface area (Å²) in [6.45, 7) is 5.76. The molecule has 0 aromatic carbocycles. The molecule has 41 heavy (non-hydrogen) atoms. The number of hydrogen-bond donors (Lipinski definition) is 4. The van der Waals surface area contributed by atoms with Crippen molar-refractivity contribution in [1.29, 1.82) is 0 Å². The lowest BCUT2D eigenvalue weighted by molar-refractivity contribution is -0.146. The molecule has 2 aliphatic heterocycles. The third kappa shape index (κ3) is 8.21. The smallest absolute Gasteiger partial charge is 0.408 e. The first-order valence-electron chi connectivity index (χ1n) is 14.9. The van der Waals surface area contributed by atoms with Gasteiger partial charge in [-0.15, -0.1) is 0 Å². The number of nitrogens with zero attached hydrogens (tertiary/aromatic N) is 1. The molecule has 12 nitrogen and oxygen atoms in total. The molecule has 0 aromatic heterocycles. The van der Waals surface area contributed by atoms with E-state index in [1.54, 1.807) is 0 Å². The van der Waals surface area contributed by atoms with Crippen molar-refractivity contribution >= 4 is 34.0 Å². The first-order valence-corrected chi connectivity index (χ1v) is 16.4. The highest BCUT2D eigenvalue weighted by Gasteiger charge is 2.61. The second-order valence-corrected chi connectivity index (χ2v) is 14.3.